The van der Waals surface area contributed by atoms with Gasteiger partial charge in [-0.1, -0.05) is 27.7 Å². The molecule has 0 unspecified atom stereocenters. The highest BCUT2D eigenvalue weighted by molar-refractivity contribution is 7.09. The Morgan fingerprint density at radius 1 is 1.25 bits per heavy atom. The van der Waals surface area contributed by atoms with E-state index in [1.165, 1.54) is 0 Å². The summed E-state index contributed by atoms with van der Waals surface area (Å²) in [5.74, 6) is 0.706. The van der Waals surface area contributed by atoms with Crippen LogP contribution in [-0.4, -0.2) is 21.5 Å². The van der Waals surface area contributed by atoms with Crippen LogP contribution in [0.2, 0.25) is 0 Å². The van der Waals surface area contributed by atoms with Gasteiger partial charge in [-0.15, -0.1) is 11.3 Å². The molecule has 0 atom stereocenters. The van der Waals surface area contributed by atoms with Gasteiger partial charge in [-0.25, -0.2) is 15.0 Å². The van der Waals surface area contributed by atoms with E-state index < -0.39 is 0 Å². The van der Waals surface area contributed by atoms with Crippen LogP contribution in [0.3, 0.4) is 0 Å². The lowest BCUT2D eigenvalue weighted by molar-refractivity contribution is 0.571. The molecule has 2 aromatic heterocycles. The van der Waals surface area contributed by atoms with Crippen LogP contribution in [0.5, 0.6) is 0 Å². The normalized spacial score (nSPS) is 11.6. The molecule has 1 N–H and O–H groups in total. The van der Waals surface area contributed by atoms with Crippen LogP contribution in [0.15, 0.2) is 17.6 Å². The zero-order chi connectivity index (χ0) is 14.6. The molecule has 2 aromatic rings. The van der Waals surface area contributed by atoms with Crippen molar-refractivity contribution < 1.29 is 0 Å². The van der Waals surface area contributed by atoms with Gasteiger partial charge in [0.25, 0.3) is 0 Å². The molecule has 2 heterocycles. The van der Waals surface area contributed by atoms with E-state index in [0.717, 1.165) is 35.8 Å². The lowest BCUT2D eigenvalue weighted by Crippen LogP contribution is -2.11. The minimum absolute atomic E-state index is 0.105. The smallest absolute Gasteiger partial charge is 0.222 e. The van der Waals surface area contributed by atoms with Crippen LogP contribution >= 0.6 is 11.3 Å². The second-order valence-electron chi connectivity index (χ2n) is 5.85. The number of nitrogens with zero attached hydrogens (tertiary/aromatic N) is 3. The van der Waals surface area contributed by atoms with Crippen LogP contribution in [0.4, 0.5) is 5.95 Å². The number of nitrogens with one attached hydrogen (secondary N) is 1. The van der Waals surface area contributed by atoms with E-state index in [1.54, 1.807) is 17.5 Å². The third-order valence-electron chi connectivity index (χ3n) is 2.90. The van der Waals surface area contributed by atoms with Gasteiger partial charge in [-0.05, 0) is 12.5 Å². The largest absolute Gasteiger partial charge is 0.354 e. The van der Waals surface area contributed by atoms with Crippen molar-refractivity contribution in [2.45, 2.75) is 46.0 Å². The minimum Gasteiger partial charge on any atom is -0.354 e. The molecule has 0 fully saturated rings. The lowest BCUT2D eigenvalue weighted by atomic mass is 9.93. The third kappa shape index (κ3) is 4.00. The number of thiazole rings is 1. The molecule has 0 bridgehead atoms. The third-order valence-corrected chi connectivity index (χ3v) is 3.75. The summed E-state index contributed by atoms with van der Waals surface area (Å²) in [5.41, 5.74) is 2.26. The maximum Gasteiger partial charge on any atom is 0.222 e. The van der Waals surface area contributed by atoms with Gasteiger partial charge in [0.15, 0.2) is 0 Å². The summed E-state index contributed by atoms with van der Waals surface area (Å²) < 4.78 is 0. The van der Waals surface area contributed by atoms with E-state index >= 15 is 0 Å². The second kappa shape index (κ2) is 6.31. The highest BCUT2D eigenvalue weighted by Crippen LogP contribution is 2.24. The summed E-state index contributed by atoms with van der Waals surface area (Å²) in [7, 11) is 0. The van der Waals surface area contributed by atoms with E-state index in [4.69, 9.17) is 4.98 Å². The Kier molecular flexibility index (Phi) is 4.70. The maximum atomic E-state index is 4.71. The maximum absolute atomic E-state index is 4.71. The zero-order valence-corrected chi connectivity index (χ0v) is 13.4. The van der Waals surface area contributed by atoms with E-state index in [9.17, 15) is 0 Å². The highest BCUT2D eigenvalue weighted by atomic mass is 32.1. The Morgan fingerprint density at radius 2 is 2.05 bits per heavy atom. The highest BCUT2D eigenvalue weighted by Gasteiger charge is 2.17. The predicted molar refractivity (Wildman–Crippen MR) is 84.4 cm³/mol. The molecule has 20 heavy (non-hydrogen) atoms. The van der Waals surface area contributed by atoms with Crippen LogP contribution in [0, 0.1) is 0 Å². The first kappa shape index (κ1) is 14.9. The molecule has 0 amide bonds. The molecule has 5 heteroatoms. The zero-order valence-electron chi connectivity index (χ0n) is 12.6. The average molecular weight is 290 g/mol. The van der Waals surface area contributed by atoms with Crippen molar-refractivity contribution in [1.82, 2.24) is 15.0 Å². The average Bonchev–Trinajstić information content (AvgIpc) is 2.85. The molecule has 0 aromatic carbocycles. The summed E-state index contributed by atoms with van der Waals surface area (Å²) >= 11 is 1.70. The quantitative estimate of drug-likeness (QED) is 0.913. The fourth-order valence-electron chi connectivity index (χ4n) is 1.71. The van der Waals surface area contributed by atoms with Crippen molar-refractivity contribution in [2.75, 3.05) is 11.9 Å². The molecule has 0 aliphatic rings. The number of hydrogen-bond acceptors (Lipinski definition) is 5. The Morgan fingerprint density at radius 3 is 2.70 bits per heavy atom. The standard InChI is InChI=1S/C15H22N4S/c1-5-7-16-14-17-8-6-11(18-14)9-13-19-12(10-20-13)15(2,3)4/h6,8,10H,5,7,9H2,1-4H3,(H,16,17,18). The van der Waals surface area contributed by atoms with Crippen molar-refractivity contribution in [3.05, 3.63) is 34.0 Å². The Hall–Kier alpha value is -1.49. The van der Waals surface area contributed by atoms with Crippen LogP contribution < -0.4 is 5.32 Å². The monoisotopic (exact) mass is 290 g/mol. The SMILES string of the molecule is CCCNc1nccc(Cc2nc(C(C)(C)C)cs2)n1. The number of anilines is 1. The lowest BCUT2D eigenvalue weighted by Gasteiger charge is -2.14. The Balaban J connectivity index is 2.08. The molecular weight excluding hydrogens is 268 g/mol. The van der Waals surface area contributed by atoms with Gasteiger partial charge >= 0.3 is 0 Å². The molecule has 0 saturated heterocycles. The summed E-state index contributed by atoms with van der Waals surface area (Å²) in [5, 5.41) is 6.46. The van der Waals surface area contributed by atoms with E-state index in [0.29, 0.717) is 5.95 Å². The molecule has 0 radical (unpaired) electrons. The van der Waals surface area contributed by atoms with Crippen LogP contribution in [0.1, 0.15) is 50.5 Å². The van der Waals surface area contributed by atoms with E-state index in [2.05, 4.69) is 48.4 Å². The van der Waals surface area contributed by atoms with Crippen molar-refractivity contribution >= 4 is 17.3 Å². The molecule has 0 aliphatic carbocycles. The number of hydrogen-bond donors (Lipinski definition) is 1. The van der Waals surface area contributed by atoms with E-state index in [-0.39, 0.29) is 5.41 Å². The van der Waals surface area contributed by atoms with Gasteiger partial charge in [0, 0.05) is 30.0 Å². The molecule has 2 rings (SSSR count). The fraction of sp³-hybridized carbons (Fsp3) is 0.533. The van der Waals surface area contributed by atoms with Crippen LogP contribution in [-0.2, 0) is 11.8 Å². The predicted octanol–water partition coefficient (Wildman–Crippen LogP) is 3.64. The Labute approximate surface area is 124 Å². The number of aromatic nitrogens is 3. The van der Waals surface area contributed by atoms with E-state index in [1.807, 2.05) is 6.07 Å². The molecule has 0 saturated carbocycles. The summed E-state index contributed by atoms with van der Waals surface area (Å²) in [6.45, 7) is 9.57. The van der Waals surface area contributed by atoms with Gasteiger partial charge in [-0.3, -0.25) is 0 Å². The van der Waals surface area contributed by atoms with Crippen molar-refractivity contribution in [1.29, 1.82) is 0 Å². The molecule has 0 aliphatic heterocycles. The Bertz CT molecular complexity index is 557. The van der Waals surface area contributed by atoms with Crippen molar-refractivity contribution in [3.63, 3.8) is 0 Å². The van der Waals surface area contributed by atoms with Gasteiger partial charge < -0.3 is 5.32 Å². The molecule has 4 nitrogen and oxygen atoms in total. The van der Waals surface area contributed by atoms with Gasteiger partial charge in [0.05, 0.1) is 16.4 Å². The molecule has 0 spiro atoms. The fourth-order valence-corrected chi connectivity index (χ4v) is 2.74. The van der Waals surface area contributed by atoms with Crippen molar-refractivity contribution in [3.8, 4) is 0 Å². The number of rotatable bonds is 5. The van der Waals surface area contributed by atoms with Crippen LogP contribution in [0.25, 0.3) is 0 Å². The summed E-state index contributed by atoms with van der Waals surface area (Å²) in [6, 6.07) is 1.95. The second-order valence-corrected chi connectivity index (χ2v) is 6.79. The molecule has 108 valence electrons. The van der Waals surface area contributed by atoms with Crippen molar-refractivity contribution in [2.24, 2.45) is 0 Å². The van der Waals surface area contributed by atoms with Gasteiger partial charge in [0.2, 0.25) is 5.95 Å². The first-order valence-electron chi connectivity index (χ1n) is 6.99. The first-order valence-corrected chi connectivity index (χ1v) is 7.87. The van der Waals surface area contributed by atoms with Gasteiger partial charge in [-0.2, -0.15) is 0 Å². The van der Waals surface area contributed by atoms with Gasteiger partial charge in [0.1, 0.15) is 0 Å². The summed E-state index contributed by atoms with van der Waals surface area (Å²) in [4.78, 5) is 13.5. The minimum atomic E-state index is 0.105. The first-order chi connectivity index (χ1) is 9.49. The molecular formula is C15H22N4S. The summed E-state index contributed by atoms with van der Waals surface area (Å²) in [6.07, 6.45) is 3.64. The topological polar surface area (TPSA) is 50.7 Å².